The van der Waals surface area contributed by atoms with E-state index in [1.165, 1.54) is 0 Å². The maximum absolute atomic E-state index is 10.9. The number of rotatable bonds is 5. The van der Waals surface area contributed by atoms with Crippen molar-refractivity contribution in [3.63, 3.8) is 0 Å². The van der Waals surface area contributed by atoms with Crippen LogP contribution in [-0.4, -0.2) is 72.0 Å². The minimum atomic E-state index is -1.89. The molecule has 0 spiro atoms. The molecule has 7 heteroatoms. The molecule has 2 unspecified atom stereocenters. The van der Waals surface area contributed by atoms with E-state index >= 15 is 0 Å². The van der Waals surface area contributed by atoms with Crippen molar-refractivity contribution in [2.45, 2.75) is 26.1 Å². The predicted octanol–water partition coefficient (Wildman–Crippen LogP) is -1.55. The van der Waals surface area contributed by atoms with Crippen LogP contribution in [0.5, 0.6) is 0 Å². The molecule has 0 fully saturated rings. The summed E-state index contributed by atoms with van der Waals surface area (Å²) in [7, 11) is 0. The molecule has 2 N–H and O–H groups in total. The van der Waals surface area contributed by atoms with E-state index in [0.29, 0.717) is 0 Å². The molecule has 0 aliphatic rings. The Balaban J connectivity index is 0. The quantitative estimate of drug-likeness (QED) is 0.469. The number of carbonyl (C=O) groups excluding carboxylic acids is 2. The second kappa shape index (κ2) is 8.94. The van der Waals surface area contributed by atoms with Gasteiger partial charge in [0.05, 0.1) is 13.2 Å². The zero-order chi connectivity index (χ0) is 11.1. The van der Waals surface area contributed by atoms with Crippen molar-refractivity contribution in [3.8, 4) is 0 Å². The summed E-state index contributed by atoms with van der Waals surface area (Å²) in [4.78, 5) is 21.7. The molecule has 0 aromatic rings. The van der Waals surface area contributed by atoms with Crippen molar-refractivity contribution in [1.29, 1.82) is 0 Å². The van der Waals surface area contributed by atoms with E-state index in [2.05, 4.69) is 9.47 Å². The SMILES string of the molecule is CCOC(=O)C(O)C(O)C(=O)OCC.[Sb]. The standard InChI is InChI=1S/C8H14O6.Sb/c1-3-13-7(11)5(9)6(10)8(12)14-4-2;/h5-6,9-10H,3-4H2,1-2H3;. The third kappa shape index (κ3) is 5.97. The van der Waals surface area contributed by atoms with Crippen LogP contribution in [0.25, 0.3) is 0 Å². The zero-order valence-electron chi connectivity index (χ0n) is 8.54. The van der Waals surface area contributed by atoms with Gasteiger partial charge in [0.1, 0.15) is 0 Å². The summed E-state index contributed by atoms with van der Waals surface area (Å²) in [6.45, 7) is 3.21. The Labute approximate surface area is 105 Å². The average molecular weight is 328 g/mol. The van der Waals surface area contributed by atoms with Gasteiger partial charge in [-0.1, -0.05) is 0 Å². The van der Waals surface area contributed by atoms with Gasteiger partial charge in [-0.25, -0.2) is 9.59 Å². The molecule has 0 rings (SSSR count). The van der Waals surface area contributed by atoms with Crippen molar-refractivity contribution in [2.24, 2.45) is 0 Å². The molecule has 0 aliphatic carbocycles. The molecule has 6 nitrogen and oxygen atoms in total. The molecule has 87 valence electrons. The van der Waals surface area contributed by atoms with Crippen LogP contribution in [0.4, 0.5) is 0 Å². The zero-order valence-corrected chi connectivity index (χ0v) is 11.1. The smallest absolute Gasteiger partial charge is 0.338 e. The van der Waals surface area contributed by atoms with Gasteiger partial charge < -0.3 is 19.7 Å². The van der Waals surface area contributed by atoms with Crippen LogP contribution < -0.4 is 0 Å². The molecule has 0 aromatic carbocycles. The molecule has 0 saturated carbocycles. The van der Waals surface area contributed by atoms with Crippen molar-refractivity contribution in [2.75, 3.05) is 13.2 Å². The second-order valence-electron chi connectivity index (χ2n) is 2.39. The molecular formula is C8H14O6Sb. The molecule has 3 radical (unpaired) electrons. The summed E-state index contributed by atoms with van der Waals surface area (Å²) in [5.74, 6) is -2.10. The first kappa shape index (κ1) is 17.1. The van der Waals surface area contributed by atoms with Crippen molar-refractivity contribution in [3.05, 3.63) is 0 Å². The van der Waals surface area contributed by atoms with Gasteiger partial charge in [-0.05, 0) is 13.8 Å². The van der Waals surface area contributed by atoms with Gasteiger partial charge in [0.2, 0.25) is 0 Å². The normalized spacial score (nSPS) is 13.3. The van der Waals surface area contributed by atoms with E-state index in [-0.39, 0.29) is 37.6 Å². The summed E-state index contributed by atoms with van der Waals surface area (Å²) in [5.41, 5.74) is 0. The average Bonchev–Trinajstić information content (AvgIpc) is 2.16. The van der Waals surface area contributed by atoms with Gasteiger partial charge >= 0.3 is 11.9 Å². The number of esters is 2. The van der Waals surface area contributed by atoms with E-state index in [9.17, 15) is 9.59 Å². The first-order chi connectivity index (χ1) is 6.54. The number of hydrogen-bond donors (Lipinski definition) is 2. The van der Waals surface area contributed by atoms with Crippen LogP contribution in [0.15, 0.2) is 0 Å². The topological polar surface area (TPSA) is 93.1 Å². The largest absolute Gasteiger partial charge is 0.464 e. The molecule has 0 heterocycles. The fourth-order valence-electron chi connectivity index (χ4n) is 0.713. The molecule has 15 heavy (non-hydrogen) atoms. The van der Waals surface area contributed by atoms with Crippen LogP contribution in [0.2, 0.25) is 0 Å². The Morgan fingerprint density at radius 1 is 1.00 bits per heavy atom. The Hall–Kier alpha value is -0.322. The third-order valence-electron chi connectivity index (χ3n) is 1.36. The third-order valence-corrected chi connectivity index (χ3v) is 1.36. The molecule has 0 aromatic heterocycles. The van der Waals surface area contributed by atoms with E-state index < -0.39 is 24.1 Å². The molecule has 0 amide bonds. The summed E-state index contributed by atoms with van der Waals surface area (Å²) in [5, 5.41) is 18.2. The molecule has 0 bridgehead atoms. The van der Waals surface area contributed by atoms with E-state index in [0.717, 1.165) is 0 Å². The fourth-order valence-corrected chi connectivity index (χ4v) is 0.713. The van der Waals surface area contributed by atoms with Crippen LogP contribution in [0, 0.1) is 0 Å². The molecular weight excluding hydrogens is 314 g/mol. The maximum atomic E-state index is 10.9. The minimum absolute atomic E-state index is 0. The monoisotopic (exact) mass is 327 g/mol. The first-order valence-electron chi connectivity index (χ1n) is 4.24. The van der Waals surface area contributed by atoms with E-state index in [1.807, 2.05) is 0 Å². The van der Waals surface area contributed by atoms with Crippen LogP contribution in [-0.2, 0) is 19.1 Å². The van der Waals surface area contributed by atoms with E-state index in [1.54, 1.807) is 13.8 Å². The first-order valence-corrected chi connectivity index (χ1v) is 4.24. The number of aliphatic hydroxyl groups is 2. The van der Waals surface area contributed by atoms with Crippen molar-refractivity contribution >= 4 is 36.4 Å². The predicted molar refractivity (Wildman–Crippen MR) is 51.0 cm³/mol. The van der Waals surface area contributed by atoms with E-state index in [4.69, 9.17) is 10.2 Å². The molecule has 0 aliphatic heterocycles. The van der Waals surface area contributed by atoms with Gasteiger partial charge in [0.25, 0.3) is 0 Å². The number of hydrogen-bond acceptors (Lipinski definition) is 6. The van der Waals surface area contributed by atoms with Gasteiger partial charge in [-0.2, -0.15) is 0 Å². The Morgan fingerprint density at radius 2 is 1.27 bits per heavy atom. The summed E-state index contributed by atoms with van der Waals surface area (Å²) >= 11 is 0. The van der Waals surface area contributed by atoms with Gasteiger partial charge in [-0.3, -0.25) is 0 Å². The van der Waals surface area contributed by atoms with Gasteiger partial charge in [0.15, 0.2) is 12.2 Å². The van der Waals surface area contributed by atoms with Crippen molar-refractivity contribution < 1.29 is 29.3 Å². The van der Waals surface area contributed by atoms with Crippen LogP contribution in [0.3, 0.4) is 0 Å². The summed E-state index contributed by atoms with van der Waals surface area (Å²) < 4.78 is 8.79. The maximum Gasteiger partial charge on any atom is 0.338 e. The second-order valence-corrected chi connectivity index (χ2v) is 2.39. The van der Waals surface area contributed by atoms with Gasteiger partial charge in [0, 0.05) is 24.4 Å². The number of carbonyl (C=O) groups is 2. The van der Waals surface area contributed by atoms with Crippen LogP contribution >= 0.6 is 0 Å². The summed E-state index contributed by atoms with van der Waals surface area (Å²) in [6, 6.07) is 0. The van der Waals surface area contributed by atoms with Crippen LogP contribution in [0.1, 0.15) is 13.8 Å². The molecule has 0 saturated heterocycles. The Kier molecular flexibility index (Phi) is 10.2. The van der Waals surface area contributed by atoms with Gasteiger partial charge in [-0.15, -0.1) is 0 Å². The number of aliphatic hydroxyl groups excluding tert-OH is 2. The summed E-state index contributed by atoms with van der Waals surface area (Å²) in [6.07, 6.45) is -3.79. The van der Waals surface area contributed by atoms with Crippen molar-refractivity contribution in [1.82, 2.24) is 0 Å². The minimum Gasteiger partial charge on any atom is -0.464 e. The fraction of sp³-hybridized carbons (Fsp3) is 0.750. The number of ether oxygens (including phenoxy) is 2. The molecule has 2 atom stereocenters. The Morgan fingerprint density at radius 3 is 1.47 bits per heavy atom. The Bertz CT molecular complexity index is 185.